The average molecular weight is 468 g/mol. The third-order valence-corrected chi connectivity index (χ3v) is 4.86. The lowest BCUT2D eigenvalue weighted by atomic mass is 9.87. The largest absolute Gasteiger partial charge is 0.472 e. The van der Waals surface area contributed by atoms with E-state index in [-0.39, 0.29) is 37.7 Å². The maximum Gasteiger partial charge on any atom is 0.472 e. The molecule has 2 atom stereocenters. The minimum atomic E-state index is -4.24. The van der Waals surface area contributed by atoms with E-state index in [1.54, 1.807) is 6.92 Å². The maximum absolute atomic E-state index is 12.1. The highest BCUT2D eigenvalue weighted by atomic mass is 31.2. The summed E-state index contributed by atoms with van der Waals surface area (Å²) in [5.74, 6) is -0.979. The molecule has 0 heterocycles. The zero-order chi connectivity index (χ0) is 24.3. The maximum atomic E-state index is 12.1. The molecule has 182 valence electrons. The number of rotatable bonds is 14. The number of hydrogen-bond donors (Lipinski definition) is 4. The summed E-state index contributed by atoms with van der Waals surface area (Å²) in [6, 6.07) is 0. The Morgan fingerprint density at radius 1 is 1.06 bits per heavy atom. The van der Waals surface area contributed by atoms with Gasteiger partial charge in [0.2, 0.25) is 11.8 Å². The quantitative estimate of drug-likeness (QED) is 0.171. The summed E-state index contributed by atoms with van der Waals surface area (Å²) >= 11 is 0. The van der Waals surface area contributed by atoms with Gasteiger partial charge in [0.05, 0.1) is 18.9 Å². The molecule has 0 aromatic heterocycles. The number of oxime groups is 1. The van der Waals surface area contributed by atoms with E-state index in [1.807, 2.05) is 20.8 Å². The molecule has 31 heavy (non-hydrogen) atoms. The summed E-state index contributed by atoms with van der Waals surface area (Å²) in [4.78, 5) is 38.8. The van der Waals surface area contributed by atoms with E-state index < -0.39 is 25.2 Å². The Hall–Kier alpha value is -1.52. The van der Waals surface area contributed by atoms with Crippen LogP contribution in [0.3, 0.4) is 0 Å². The summed E-state index contributed by atoms with van der Waals surface area (Å²) in [5, 5.41) is 19.4. The molecule has 1 unspecified atom stereocenters. The SMILES string of the molecule is CCOP(=O)(O)OCC(C)(C)[C@H](O)C(=O)NCCC(=O)NCC/C(C)=N/OC(C)(C)C. The number of carbonyl (C=O) groups excluding carboxylic acids is 2. The standard InChI is InChI=1S/C19H38N3O8P/c1-8-28-31(26,27)29-13-19(6,7)16(24)17(25)21-12-10-15(23)20-11-9-14(2)22-30-18(3,4)5/h16,24H,8-13H2,1-7H3,(H,20,23)(H,21,25)(H,26,27)/b22-14+/t16-/m1/s1. The van der Waals surface area contributed by atoms with Crippen LogP contribution < -0.4 is 10.6 Å². The van der Waals surface area contributed by atoms with E-state index in [1.165, 1.54) is 20.8 Å². The molecule has 2 amide bonds. The van der Waals surface area contributed by atoms with Crippen LogP contribution in [-0.4, -0.2) is 65.5 Å². The highest BCUT2D eigenvalue weighted by molar-refractivity contribution is 7.47. The lowest BCUT2D eigenvalue weighted by Crippen LogP contribution is -2.46. The van der Waals surface area contributed by atoms with Crippen molar-refractivity contribution in [3.05, 3.63) is 0 Å². The Labute approximate surface area is 184 Å². The van der Waals surface area contributed by atoms with Crippen molar-refractivity contribution in [2.45, 2.75) is 73.0 Å². The molecule has 0 saturated carbocycles. The van der Waals surface area contributed by atoms with Crippen molar-refractivity contribution in [1.82, 2.24) is 10.6 Å². The molecule has 12 heteroatoms. The smallest absolute Gasteiger partial charge is 0.390 e. The highest BCUT2D eigenvalue weighted by Gasteiger charge is 2.36. The minimum Gasteiger partial charge on any atom is -0.390 e. The van der Waals surface area contributed by atoms with Gasteiger partial charge in [-0.15, -0.1) is 0 Å². The van der Waals surface area contributed by atoms with Gasteiger partial charge in [-0.25, -0.2) is 4.57 Å². The molecule has 0 saturated heterocycles. The van der Waals surface area contributed by atoms with Crippen molar-refractivity contribution in [2.75, 3.05) is 26.3 Å². The summed E-state index contributed by atoms with van der Waals surface area (Å²) < 4.78 is 21.0. The minimum absolute atomic E-state index is 0.0175. The number of nitrogens with one attached hydrogen (secondary N) is 2. The van der Waals surface area contributed by atoms with Crippen LogP contribution in [0.15, 0.2) is 5.16 Å². The first kappa shape index (κ1) is 29.5. The van der Waals surface area contributed by atoms with Gasteiger partial charge in [-0.2, -0.15) is 0 Å². The molecule has 0 spiro atoms. The van der Waals surface area contributed by atoms with Gasteiger partial charge in [0.15, 0.2) is 0 Å². The lowest BCUT2D eigenvalue weighted by Gasteiger charge is -2.29. The second-order valence-electron chi connectivity index (χ2n) is 8.72. The molecule has 0 rings (SSSR count). The first-order chi connectivity index (χ1) is 14.1. The Bertz CT molecular complexity index is 661. The van der Waals surface area contributed by atoms with Crippen molar-refractivity contribution in [2.24, 2.45) is 10.6 Å². The summed E-state index contributed by atoms with van der Waals surface area (Å²) in [6.45, 7) is 12.0. The number of carbonyl (C=O) groups is 2. The van der Waals surface area contributed by atoms with Crippen LogP contribution in [0.5, 0.6) is 0 Å². The number of amides is 2. The predicted octanol–water partition coefficient (Wildman–Crippen LogP) is 1.73. The molecular weight excluding hydrogens is 429 g/mol. The van der Waals surface area contributed by atoms with Crippen LogP contribution in [0.1, 0.15) is 61.3 Å². The number of hydrogen-bond acceptors (Lipinski definition) is 8. The van der Waals surface area contributed by atoms with Gasteiger partial charge in [-0.3, -0.25) is 18.6 Å². The molecule has 0 aliphatic rings. The summed E-state index contributed by atoms with van der Waals surface area (Å²) in [5.41, 5.74) is -0.795. The first-order valence-corrected chi connectivity index (χ1v) is 11.6. The van der Waals surface area contributed by atoms with Gasteiger partial charge in [0.25, 0.3) is 0 Å². The molecule has 0 bridgehead atoms. The molecular formula is C19H38N3O8P. The Morgan fingerprint density at radius 3 is 2.19 bits per heavy atom. The van der Waals surface area contributed by atoms with Crippen LogP contribution in [-0.2, 0) is 28.0 Å². The summed E-state index contributed by atoms with van der Waals surface area (Å²) in [6.07, 6.45) is -0.962. The fraction of sp³-hybridized carbons (Fsp3) is 0.842. The topological polar surface area (TPSA) is 156 Å². The number of phosphoric acid groups is 1. The molecule has 0 aromatic rings. The van der Waals surface area contributed by atoms with E-state index in [0.29, 0.717) is 13.0 Å². The van der Waals surface area contributed by atoms with Crippen molar-refractivity contribution in [3.63, 3.8) is 0 Å². The van der Waals surface area contributed by atoms with E-state index in [0.717, 1.165) is 5.71 Å². The molecule has 4 N–H and O–H groups in total. The number of nitrogens with zero attached hydrogens (tertiary/aromatic N) is 1. The van der Waals surface area contributed by atoms with Crippen molar-refractivity contribution in [1.29, 1.82) is 0 Å². The number of aliphatic hydroxyl groups is 1. The van der Waals surface area contributed by atoms with Crippen molar-refractivity contribution in [3.8, 4) is 0 Å². The van der Waals surface area contributed by atoms with Gasteiger partial charge < -0.3 is 25.5 Å². The van der Waals surface area contributed by atoms with Gasteiger partial charge in [-0.1, -0.05) is 19.0 Å². The van der Waals surface area contributed by atoms with Gasteiger partial charge >= 0.3 is 7.82 Å². The molecule has 0 aromatic carbocycles. The second-order valence-corrected chi connectivity index (χ2v) is 10.2. The molecule has 0 radical (unpaired) electrons. The predicted molar refractivity (Wildman–Crippen MR) is 116 cm³/mol. The van der Waals surface area contributed by atoms with Crippen LogP contribution in [0.2, 0.25) is 0 Å². The fourth-order valence-electron chi connectivity index (χ4n) is 2.01. The van der Waals surface area contributed by atoms with Gasteiger partial charge in [0.1, 0.15) is 11.7 Å². The molecule has 0 aliphatic heterocycles. The second kappa shape index (κ2) is 13.1. The number of aliphatic hydroxyl groups excluding tert-OH is 1. The van der Waals surface area contributed by atoms with E-state index in [2.05, 4.69) is 20.3 Å². The van der Waals surface area contributed by atoms with Crippen molar-refractivity contribution < 1.29 is 38.0 Å². The molecule has 0 fully saturated rings. The van der Waals surface area contributed by atoms with Crippen LogP contribution in [0.4, 0.5) is 0 Å². The normalized spacial score (nSPS) is 15.7. The highest BCUT2D eigenvalue weighted by Crippen LogP contribution is 2.44. The average Bonchev–Trinajstić information content (AvgIpc) is 2.63. The Balaban J connectivity index is 4.28. The van der Waals surface area contributed by atoms with Crippen LogP contribution in [0.25, 0.3) is 0 Å². The fourth-order valence-corrected chi connectivity index (χ4v) is 2.91. The summed E-state index contributed by atoms with van der Waals surface area (Å²) in [7, 11) is -4.24. The third-order valence-electron chi connectivity index (χ3n) is 3.82. The molecule has 11 nitrogen and oxygen atoms in total. The number of phosphoric ester groups is 1. The van der Waals surface area contributed by atoms with Crippen LogP contribution >= 0.6 is 7.82 Å². The first-order valence-electron chi connectivity index (χ1n) is 10.2. The Morgan fingerprint density at radius 2 is 1.65 bits per heavy atom. The van der Waals surface area contributed by atoms with E-state index >= 15 is 0 Å². The zero-order valence-electron chi connectivity index (χ0n) is 19.6. The van der Waals surface area contributed by atoms with E-state index in [9.17, 15) is 24.2 Å². The Kier molecular flexibility index (Phi) is 12.5. The third kappa shape index (κ3) is 14.2. The molecule has 0 aliphatic carbocycles. The van der Waals surface area contributed by atoms with Crippen molar-refractivity contribution >= 4 is 25.3 Å². The monoisotopic (exact) mass is 467 g/mol. The van der Waals surface area contributed by atoms with Gasteiger partial charge in [0, 0.05) is 31.3 Å². The lowest BCUT2D eigenvalue weighted by molar-refractivity contribution is -0.137. The van der Waals surface area contributed by atoms with Crippen LogP contribution in [0, 0.1) is 5.41 Å². The van der Waals surface area contributed by atoms with Gasteiger partial charge in [-0.05, 0) is 34.6 Å². The zero-order valence-corrected chi connectivity index (χ0v) is 20.5. The van der Waals surface area contributed by atoms with E-state index in [4.69, 9.17) is 9.36 Å².